The van der Waals surface area contributed by atoms with Crippen LogP contribution in [-0.2, 0) is 4.79 Å². The number of benzene rings is 1. The van der Waals surface area contributed by atoms with Gasteiger partial charge in [0.25, 0.3) is 5.91 Å². The molecule has 0 atom stereocenters. The van der Waals surface area contributed by atoms with Gasteiger partial charge in [-0.25, -0.2) is 0 Å². The summed E-state index contributed by atoms with van der Waals surface area (Å²) >= 11 is 0. The zero-order valence-electron chi connectivity index (χ0n) is 10.9. The van der Waals surface area contributed by atoms with Crippen molar-refractivity contribution in [2.75, 3.05) is 12.3 Å². The van der Waals surface area contributed by atoms with Crippen molar-refractivity contribution >= 4 is 17.5 Å². The van der Waals surface area contributed by atoms with E-state index in [1.165, 1.54) is 0 Å². The highest BCUT2D eigenvalue weighted by molar-refractivity contribution is 5.97. The van der Waals surface area contributed by atoms with Crippen molar-refractivity contribution in [1.82, 2.24) is 10.6 Å². The van der Waals surface area contributed by atoms with E-state index in [1.807, 2.05) is 20.8 Å². The predicted octanol–water partition coefficient (Wildman–Crippen LogP) is 0.832. The molecule has 98 valence electrons. The molecule has 0 radical (unpaired) electrons. The Bertz CT molecular complexity index is 456. The molecule has 0 fully saturated rings. The van der Waals surface area contributed by atoms with E-state index < -0.39 is 0 Å². The van der Waals surface area contributed by atoms with Gasteiger partial charge in [-0.15, -0.1) is 0 Å². The predicted molar refractivity (Wildman–Crippen MR) is 71.2 cm³/mol. The standard InChI is InChI=1S/C13H19N3O2/c1-8(2)16-12(17)7-15-13(18)10-5-4-9(3)11(14)6-10/h4-6,8H,7,14H2,1-3H3,(H,15,18)(H,16,17). The lowest BCUT2D eigenvalue weighted by Gasteiger charge is -2.09. The number of nitrogens with two attached hydrogens (primary N) is 1. The Hall–Kier alpha value is -2.04. The van der Waals surface area contributed by atoms with Gasteiger partial charge in [0.05, 0.1) is 6.54 Å². The summed E-state index contributed by atoms with van der Waals surface area (Å²) in [5.41, 5.74) is 7.66. The molecule has 0 heterocycles. The van der Waals surface area contributed by atoms with Crippen LogP contribution in [0, 0.1) is 6.92 Å². The fourth-order valence-electron chi connectivity index (χ4n) is 1.42. The molecule has 0 spiro atoms. The minimum Gasteiger partial charge on any atom is -0.398 e. The lowest BCUT2D eigenvalue weighted by molar-refractivity contribution is -0.120. The van der Waals surface area contributed by atoms with Crippen LogP contribution in [0.2, 0.25) is 0 Å². The number of carbonyl (C=O) groups excluding carboxylic acids is 2. The first-order chi connectivity index (χ1) is 8.40. The average molecular weight is 249 g/mol. The normalized spacial score (nSPS) is 10.2. The third-order valence-electron chi connectivity index (χ3n) is 2.40. The summed E-state index contributed by atoms with van der Waals surface area (Å²) in [5.74, 6) is -0.515. The molecule has 1 rings (SSSR count). The molecule has 4 N–H and O–H groups in total. The summed E-state index contributed by atoms with van der Waals surface area (Å²) in [7, 11) is 0. The summed E-state index contributed by atoms with van der Waals surface area (Å²) in [6.45, 7) is 5.55. The molecule has 0 unspecified atom stereocenters. The fraction of sp³-hybridized carbons (Fsp3) is 0.385. The van der Waals surface area contributed by atoms with Gasteiger partial charge in [0.2, 0.25) is 5.91 Å². The first kappa shape index (κ1) is 14.0. The van der Waals surface area contributed by atoms with Crippen molar-refractivity contribution < 1.29 is 9.59 Å². The van der Waals surface area contributed by atoms with Crippen molar-refractivity contribution in [3.8, 4) is 0 Å². The van der Waals surface area contributed by atoms with Crippen LogP contribution >= 0.6 is 0 Å². The number of rotatable bonds is 4. The molecule has 5 heteroatoms. The molecular weight excluding hydrogens is 230 g/mol. The minimum absolute atomic E-state index is 0.0369. The van der Waals surface area contributed by atoms with Gasteiger partial charge in [-0.3, -0.25) is 9.59 Å². The van der Waals surface area contributed by atoms with Crippen molar-refractivity contribution in [1.29, 1.82) is 0 Å². The largest absolute Gasteiger partial charge is 0.398 e. The number of carbonyl (C=O) groups is 2. The molecule has 18 heavy (non-hydrogen) atoms. The van der Waals surface area contributed by atoms with Gasteiger partial charge >= 0.3 is 0 Å². The number of amides is 2. The summed E-state index contributed by atoms with van der Waals surface area (Å²) in [6, 6.07) is 5.12. The number of anilines is 1. The monoisotopic (exact) mass is 249 g/mol. The first-order valence-electron chi connectivity index (χ1n) is 5.84. The van der Waals surface area contributed by atoms with Crippen LogP contribution < -0.4 is 16.4 Å². The molecule has 5 nitrogen and oxygen atoms in total. The van der Waals surface area contributed by atoms with Gasteiger partial charge in [-0.2, -0.15) is 0 Å². The van der Waals surface area contributed by atoms with Crippen LogP contribution in [-0.4, -0.2) is 24.4 Å². The molecule has 1 aromatic carbocycles. The van der Waals surface area contributed by atoms with E-state index >= 15 is 0 Å². The molecular formula is C13H19N3O2. The van der Waals surface area contributed by atoms with E-state index in [0.29, 0.717) is 11.3 Å². The molecule has 0 saturated carbocycles. The minimum atomic E-state index is -0.305. The van der Waals surface area contributed by atoms with E-state index in [1.54, 1.807) is 18.2 Å². The highest BCUT2D eigenvalue weighted by atomic mass is 16.2. The van der Waals surface area contributed by atoms with E-state index in [0.717, 1.165) is 5.56 Å². The molecule has 1 aromatic rings. The fourth-order valence-corrected chi connectivity index (χ4v) is 1.42. The molecule has 2 amide bonds. The number of aryl methyl sites for hydroxylation is 1. The maximum atomic E-state index is 11.8. The Morgan fingerprint density at radius 1 is 1.33 bits per heavy atom. The number of nitrogens with one attached hydrogen (secondary N) is 2. The molecule has 0 aliphatic carbocycles. The molecule has 0 bridgehead atoms. The maximum Gasteiger partial charge on any atom is 0.251 e. The topological polar surface area (TPSA) is 84.2 Å². The Kier molecular flexibility index (Phi) is 4.71. The van der Waals surface area contributed by atoms with Crippen LogP contribution in [0.4, 0.5) is 5.69 Å². The third kappa shape index (κ3) is 4.08. The van der Waals surface area contributed by atoms with Crippen LogP contribution in [0.25, 0.3) is 0 Å². The molecule has 0 aliphatic heterocycles. The summed E-state index contributed by atoms with van der Waals surface area (Å²) in [4.78, 5) is 23.1. The Balaban J connectivity index is 2.55. The lowest BCUT2D eigenvalue weighted by atomic mass is 10.1. The Morgan fingerprint density at radius 2 is 2.00 bits per heavy atom. The molecule has 0 saturated heterocycles. The van der Waals surface area contributed by atoms with E-state index in [2.05, 4.69) is 10.6 Å². The maximum absolute atomic E-state index is 11.8. The van der Waals surface area contributed by atoms with Gasteiger partial charge in [-0.05, 0) is 38.5 Å². The zero-order chi connectivity index (χ0) is 13.7. The van der Waals surface area contributed by atoms with Crippen LogP contribution in [0.15, 0.2) is 18.2 Å². The average Bonchev–Trinajstić information content (AvgIpc) is 2.28. The Morgan fingerprint density at radius 3 is 2.56 bits per heavy atom. The number of nitrogen functional groups attached to an aromatic ring is 1. The second-order valence-electron chi connectivity index (χ2n) is 4.48. The number of hydrogen-bond donors (Lipinski definition) is 3. The van der Waals surface area contributed by atoms with Gasteiger partial charge in [0, 0.05) is 17.3 Å². The Labute approximate surface area is 107 Å². The SMILES string of the molecule is Cc1ccc(C(=O)NCC(=O)NC(C)C)cc1N. The van der Waals surface area contributed by atoms with Gasteiger partial charge in [0.1, 0.15) is 0 Å². The zero-order valence-corrected chi connectivity index (χ0v) is 10.9. The summed E-state index contributed by atoms with van der Waals surface area (Å²) in [5, 5.41) is 5.24. The van der Waals surface area contributed by atoms with Crippen molar-refractivity contribution in [3.05, 3.63) is 29.3 Å². The van der Waals surface area contributed by atoms with Crippen molar-refractivity contribution in [3.63, 3.8) is 0 Å². The second kappa shape index (κ2) is 6.05. The third-order valence-corrected chi connectivity index (χ3v) is 2.40. The van der Waals surface area contributed by atoms with Gasteiger partial charge < -0.3 is 16.4 Å². The highest BCUT2D eigenvalue weighted by Gasteiger charge is 2.09. The highest BCUT2D eigenvalue weighted by Crippen LogP contribution is 2.12. The van der Waals surface area contributed by atoms with Crippen LogP contribution in [0.3, 0.4) is 0 Å². The number of hydrogen-bond acceptors (Lipinski definition) is 3. The van der Waals surface area contributed by atoms with E-state index in [9.17, 15) is 9.59 Å². The van der Waals surface area contributed by atoms with E-state index in [-0.39, 0.29) is 24.4 Å². The van der Waals surface area contributed by atoms with Crippen molar-refractivity contribution in [2.45, 2.75) is 26.8 Å². The van der Waals surface area contributed by atoms with Gasteiger partial charge in [-0.1, -0.05) is 6.07 Å². The summed E-state index contributed by atoms with van der Waals surface area (Å²) < 4.78 is 0. The first-order valence-corrected chi connectivity index (χ1v) is 5.84. The van der Waals surface area contributed by atoms with Crippen LogP contribution in [0.1, 0.15) is 29.8 Å². The quantitative estimate of drug-likeness (QED) is 0.691. The van der Waals surface area contributed by atoms with Crippen LogP contribution in [0.5, 0.6) is 0 Å². The summed E-state index contributed by atoms with van der Waals surface area (Å²) in [6.07, 6.45) is 0. The van der Waals surface area contributed by atoms with Gasteiger partial charge in [0.15, 0.2) is 0 Å². The molecule has 0 aromatic heterocycles. The van der Waals surface area contributed by atoms with E-state index in [4.69, 9.17) is 5.73 Å². The second-order valence-corrected chi connectivity index (χ2v) is 4.48. The van der Waals surface area contributed by atoms with Crippen molar-refractivity contribution in [2.24, 2.45) is 0 Å². The smallest absolute Gasteiger partial charge is 0.251 e. The molecule has 0 aliphatic rings. The lowest BCUT2D eigenvalue weighted by Crippen LogP contribution is -2.39.